The highest BCUT2D eigenvalue weighted by molar-refractivity contribution is 8.14. The van der Waals surface area contributed by atoms with E-state index in [-0.39, 0.29) is 54.7 Å². The summed E-state index contributed by atoms with van der Waals surface area (Å²) >= 11 is 1.19. The van der Waals surface area contributed by atoms with Crippen molar-refractivity contribution < 1.29 is 18.8 Å². The Bertz CT molecular complexity index is 1210. The van der Waals surface area contributed by atoms with Crippen molar-refractivity contribution in [3.63, 3.8) is 0 Å². The van der Waals surface area contributed by atoms with Gasteiger partial charge in [-0.2, -0.15) is 0 Å². The molecule has 188 valence electrons. The monoisotopic (exact) mass is 509 g/mol. The average Bonchev–Trinajstić information content (AvgIpc) is 3.22. The quantitative estimate of drug-likeness (QED) is 0.540. The van der Waals surface area contributed by atoms with Gasteiger partial charge in [0.2, 0.25) is 11.8 Å². The molecule has 0 bridgehead atoms. The minimum Gasteiger partial charge on any atom is -0.353 e. The number of benzene rings is 2. The molecule has 2 aromatic carbocycles. The molecule has 4 rings (SSSR count). The summed E-state index contributed by atoms with van der Waals surface area (Å²) < 4.78 is 13.0. The first-order chi connectivity index (χ1) is 17.4. The first kappa shape index (κ1) is 25.6. The lowest BCUT2D eigenvalue weighted by molar-refractivity contribution is -0.125. The molecule has 0 aromatic heterocycles. The van der Waals surface area contributed by atoms with E-state index >= 15 is 0 Å². The van der Waals surface area contributed by atoms with Gasteiger partial charge in [0.05, 0.1) is 11.4 Å². The van der Waals surface area contributed by atoms with E-state index in [0.29, 0.717) is 16.7 Å². The highest BCUT2D eigenvalue weighted by Gasteiger charge is 2.41. The fourth-order valence-electron chi connectivity index (χ4n) is 3.79. The molecule has 0 saturated heterocycles. The summed E-state index contributed by atoms with van der Waals surface area (Å²) in [5, 5.41) is 6.11. The molecule has 0 saturated carbocycles. The second-order valence-electron chi connectivity index (χ2n) is 8.66. The lowest BCUT2D eigenvalue weighted by atomic mass is 10.1. The van der Waals surface area contributed by atoms with Gasteiger partial charge in [-0.15, -0.1) is 0 Å². The second-order valence-corrected chi connectivity index (χ2v) is 9.60. The maximum Gasteiger partial charge on any atom is 0.259 e. The van der Waals surface area contributed by atoms with Gasteiger partial charge in [0.15, 0.2) is 5.17 Å². The van der Waals surface area contributed by atoms with Crippen molar-refractivity contribution in [2.75, 3.05) is 5.75 Å². The number of hydrogen-bond acceptors (Lipinski definition) is 6. The number of carbonyl (C=O) groups is 3. The van der Waals surface area contributed by atoms with E-state index in [1.165, 1.54) is 28.8 Å². The van der Waals surface area contributed by atoms with Gasteiger partial charge in [0.1, 0.15) is 17.7 Å². The smallest absolute Gasteiger partial charge is 0.259 e. The van der Waals surface area contributed by atoms with Gasteiger partial charge >= 0.3 is 0 Å². The zero-order valence-electron chi connectivity index (χ0n) is 20.2. The number of nitrogens with zero attached hydrogens (tertiary/aromatic N) is 3. The maximum absolute atomic E-state index is 13.3. The predicted molar refractivity (Wildman–Crippen MR) is 139 cm³/mol. The van der Waals surface area contributed by atoms with Crippen LogP contribution >= 0.6 is 11.8 Å². The van der Waals surface area contributed by atoms with Crippen LogP contribution < -0.4 is 10.6 Å². The van der Waals surface area contributed by atoms with Crippen LogP contribution in [0.2, 0.25) is 0 Å². The van der Waals surface area contributed by atoms with Crippen LogP contribution in [0.25, 0.3) is 0 Å². The van der Waals surface area contributed by atoms with Crippen molar-refractivity contribution >= 4 is 46.2 Å². The number of halogens is 1. The van der Waals surface area contributed by atoms with Crippen molar-refractivity contribution in [1.82, 2.24) is 15.5 Å². The SMILES string of the molecule is CC[C@@H](C)NC(=O)CSC1=Nc2ccccc2C2=N[C@H](CCC(=O)NCc3ccc(F)cc3)C(=O)N12. The number of para-hydroxylation sites is 1. The van der Waals surface area contributed by atoms with Crippen LogP contribution in [0.5, 0.6) is 0 Å². The molecule has 3 amide bonds. The molecule has 2 atom stereocenters. The highest BCUT2D eigenvalue weighted by Crippen LogP contribution is 2.34. The Morgan fingerprint density at radius 1 is 1.14 bits per heavy atom. The van der Waals surface area contributed by atoms with Gasteiger partial charge in [0.25, 0.3) is 5.91 Å². The number of aliphatic imine (C=N–C) groups is 2. The van der Waals surface area contributed by atoms with E-state index in [0.717, 1.165) is 17.5 Å². The van der Waals surface area contributed by atoms with Gasteiger partial charge in [-0.25, -0.2) is 14.3 Å². The third-order valence-corrected chi connectivity index (χ3v) is 6.89. The standard InChI is InChI=1S/C26H28FN5O3S/c1-3-16(2)29-23(34)15-36-26-31-20-7-5-4-6-19(20)24-30-21(25(35)32(24)26)12-13-22(33)28-14-17-8-10-18(27)11-9-17/h4-11,16,21H,3,12-15H2,1-2H3,(H,28,33)(H,29,34)/t16-,21-/m1/s1. The minimum atomic E-state index is -0.720. The van der Waals surface area contributed by atoms with Crippen molar-refractivity contribution in [2.24, 2.45) is 9.98 Å². The van der Waals surface area contributed by atoms with Crippen molar-refractivity contribution in [3.8, 4) is 0 Å². The summed E-state index contributed by atoms with van der Waals surface area (Å²) in [6, 6.07) is 12.7. The van der Waals surface area contributed by atoms with Crippen LogP contribution in [0, 0.1) is 5.82 Å². The van der Waals surface area contributed by atoms with Crippen molar-refractivity contribution in [2.45, 2.75) is 51.7 Å². The molecule has 36 heavy (non-hydrogen) atoms. The lowest BCUT2D eigenvalue weighted by Gasteiger charge is -2.25. The average molecular weight is 510 g/mol. The van der Waals surface area contributed by atoms with Crippen molar-refractivity contribution in [1.29, 1.82) is 0 Å². The number of thioether (sulfide) groups is 1. The van der Waals surface area contributed by atoms with E-state index in [2.05, 4.69) is 20.6 Å². The Morgan fingerprint density at radius 3 is 2.64 bits per heavy atom. The van der Waals surface area contributed by atoms with E-state index in [1.807, 2.05) is 38.1 Å². The predicted octanol–water partition coefficient (Wildman–Crippen LogP) is 3.53. The molecule has 0 unspecified atom stereocenters. The first-order valence-corrected chi connectivity index (χ1v) is 12.9. The molecule has 8 nitrogen and oxygen atoms in total. The minimum absolute atomic E-state index is 0.0660. The number of hydrogen-bond donors (Lipinski definition) is 2. The van der Waals surface area contributed by atoms with E-state index in [9.17, 15) is 18.8 Å². The molecule has 0 spiro atoms. The summed E-state index contributed by atoms with van der Waals surface area (Å²) in [7, 11) is 0. The van der Waals surface area contributed by atoms with E-state index in [4.69, 9.17) is 0 Å². The Balaban J connectivity index is 1.41. The van der Waals surface area contributed by atoms with Gasteiger partial charge in [0, 0.05) is 24.6 Å². The normalized spacial score (nSPS) is 17.0. The van der Waals surface area contributed by atoms with E-state index < -0.39 is 6.04 Å². The zero-order chi connectivity index (χ0) is 25.7. The third-order valence-electron chi connectivity index (χ3n) is 5.95. The summed E-state index contributed by atoms with van der Waals surface area (Å²) in [6.45, 7) is 4.21. The Morgan fingerprint density at radius 2 is 1.89 bits per heavy atom. The van der Waals surface area contributed by atoms with Gasteiger partial charge < -0.3 is 10.6 Å². The second kappa shape index (κ2) is 11.5. The fourth-order valence-corrected chi connectivity index (χ4v) is 4.61. The number of amidine groups is 2. The Kier molecular flexibility index (Phi) is 8.14. The molecule has 0 aliphatic carbocycles. The number of rotatable bonds is 9. The van der Waals surface area contributed by atoms with E-state index in [1.54, 1.807) is 12.1 Å². The molecular weight excluding hydrogens is 481 g/mol. The molecule has 0 radical (unpaired) electrons. The number of amides is 3. The van der Waals surface area contributed by atoms with Crippen LogP contribution in [0.4, 0.5) is 10.1 Å². The molecule has 2 N–H and O–H groups in total. The Hall–Kier alpha value is -3.53. The summed E-state index contributed by atoms with van der Waals surface area (Å²) in [4.78, 5) is 48.7. The molecule has 2 aromatic rings. The lowest BCUT2D eigenvalue weighted by Crippen LogP contribution is -2.42. The number of nitrogens with one attached hydrogen (secondary N) is 2. The van der Waals surface area contributed by atoms with Gasteiger partial charge in [-0.3, -0.25) is 19.4 Å². The molecule has 2 heterocycles. The molecule has 10 heteroatoms. The highest BCUT2D eigenvalue weighted by atomic mass is 32.2. The Labute approximate surface area is 213 Å². The van der Waals surface area contributed by atoms with Crippen LogP contribution in [-0.2, 0) is 20.9 Å². The molecule has 0 fully saturated rings. The summed E-state index contributed by atoms with van der Waals surface area (Å²) in [5.74, 6) is -0.331. The summed E-state index contributed by atoms with van der Waals surface area (Å²) in [6.07, 6.45) is 1.18. The molecule has 2 aliphatic heterocycles. The topological polar surface area (TPSA) is 103 Å². The maximum atomic E-state index is 13.3. The molecular formula is C26H28FN5O3S. The first-order valence-electron chi connectivity index (χ1n) is 11.9. The van der Waals surface area contributed by atoms with Crippen LogP contribution in [0.1, 0.15) is 44.2 Å². The third kappa shape index (κ3) is 5.99. The largest absolute Gasteiger partial charge is 0.353 e. The van der Waals surface area contributed by atoms with Gasteiger partial charge in [-0.05, 0) is 49.6 Å². The van der Waals surface area contributed by atoms with Crippen LogP contribution in [0.15, 0.2) is 58.5 Å². The fraction of sp³-hybridized carbons (Fsp3) is 0.346. The molecule has 2 aliphatic rings. The van der Waals surface area contributed by atoms with Crippen molar-refractivity contribution in [3.05, 3.63) is 65.5 Å². The number of fused-ring (bicyclic) bond motifs is 3. The van der Waals surface area contributed by atoms with Crippen LogP contribution in [-0.4, -0.2) is 51.5 Å². The zero-order valence-corrected chi connectivity index (χ0v) is 21.0. The number of carbonyl (C=O) groups excluding carboxylic acids is 3. The van der Waals surface area contributed by atoms with Crippen LogP contribution in [0.3, 0.4) is 0 Å². The van der Waals surface area contributed by atoms with Gasteiger partial charge in [-0.1, -0.05) is 43.0 Å². The summed E-state index contributed by atoms with van der Waals surface area (Å²) in [5.41, 5.74) is 2.20.